The van der Waals surface area contributed by atoms with Crippen LogP contribution in [0.2, 0.25) is 0 Å². The molecule has 18 rings (SSSR count). The largest absolute Gasteiger partial charge is 0.311 e. The lowest BCUT2D eigenvalue weighted by molar-refractivity contribution is 0.332. The van der Waals surface area contributed by atoms with Crippen molar-refractivity contribution in [3.63, 3.8) is 0 Å². The maximum Gasteiger partial charge on any atom is 0.252 e. The van der Waals surface area contributed by atoms with Crippen LogP contribution in [0.15, 0.2) is 164 Å². The standard InChI is InChI=1S/C57H69BN2.C57H72N2/c1-34-16-19-44-47(26-34)60(46-32-42-39(29-36(46)3)53(6,7)22-24-56(42,12)13)50-28-35(2)27-49-51(50)58(44)45-31-41-43(57(14,15)25-23-55(41,10)11)33-48(45)59(49)37-17-18-38-40(30-37)54(8,9)21-20-52(38,4)5;1-37-17-16-18-40(29-37)59(51-36-50-47(32-39(51)3)54(8,9)27-28-57(50,14)15)44-31-38(2)30-43(33-44)58(41-19-21-45-48(34-41)55(10,11)25-23-52(45,4)5)42-20-22-46-49(35-42)56(12,13)26-24-53(46,6)7/h16-19,26-33H,20-25H2,1-15H3;16-22,29-36H,23-28H2,1-15H3/i2*2D3. The van der Waals surface area contributed by atoms with Gasteiger partial charge in [-0.1, -0.05) is 227 Å². The minimum Gasteiger partial charge on any atom is -0.311 e. The van der Waals surface area contributed by atoms with Gasteiger partial charge >= 0.3 is 0 Å². The number of hydrogen-bond acceptors (Lipinski definition) is 4. The molecule has 4 nitrogen and oxygen atoms in total. The summed E-state index contributed by atoms with van der Waals surface area (Å²) in [6, 6.07) is 62.1. The number of anilines is 12. The fourth-order valence-electron chi connectivity index (χ4n) is 23.2. The molecule has 119 heavy (non-hydrogen) atoms. The van der Waals surface area contributed by atoms with Crippen LogP contribution in [0.25, 0.3) is 0 Å². The lowest BCUT2D eigenvalue weighted by Gasteiger charge is -2.48. The zero-order chi connectivity index (χ0) is 90.5. The zero-order valence-electron chi connectivity index (χ0n) is 83.9. The van der Waals surface area contributed by atoms with E-state index in [0.29, 0.717) is 11.1 Å². The molecule has 6 aliphatic carbocycles. The van der Waals surface area contributed by atoms with Gasteiger partial charge in [-0.05, 0) is 403 Å². The number of fused-ring (bicyclic) bond motifs is 10. The van der Waals surface area contributed by atoms with Crippen molar-refractivity contribution >= 4 is 91.3 Å². The third kappa shape index (κ3) is 13.7. The molecule has 0 amide bonds. The van der Waals surface area contributed by atoms with Gasteiger partial charge in [0.2, 0.25) is 0 Å². The van der Waals surface area contributed by atoms with E-state index in [4.69, 9.17) is 8.22 Å². The summed E-state index contributed by atoms with van der Waals surface area (Å²) >= 11 is 0. The molecule has 0 fully saturated rings. The predicted molar refractivity (Wildman–Crippen MR) is 516 cm³/mol. The van der Waals surface area contributed by atoms with Crippen molar-refractivity contribution in [2.45, 2.75) is 350 Å². The van der Waals surface area contributed by atoms with E-state index in [0.717, 1.165) is 145 Å². The molecule has 0 spiro atoms. The zero-order valence-corrected chi connectivity index (χ0v) is 77.9. The van der Waals surface area contributed by atoms with Gasteiger partial charge in [0.15, 0.2) is 0 Å². The molecule has 620 valence electrons. The highest BCUT2D eigenvalue weighted by atomic mass is 15.2. The molecule has 0 radical (unpaired) electrons. The summed E-state index contributed by atoms with van der Waals surface area (Å²) in [6.07, 6.45) is 13.5. The molecular weight excluding hydrogens is 1440 g/mol. The summed E-state index contributed by atoms with van der Waals surface area (Å²) in [7, 11) is 0. The number of hydrogen-bond donors (Lipinski definition) is 0. The van der Waals surface area contributed by atoms with Gasteiger partial charge in [0.1, 0.15) is 0 Å². The van der Waals surface area contributed by atoms with Crippen molar-refractivity contribution in [1.29, 1.82) is 0 Å². The Morgan fingerprint density at radius 2 is 0.597 bits per heavy atom. The molecule has 2 heterocycles. The maximum atomic E-state index is 9.10. The van der Waals surface area contributed by atoms with Gasteiger partial charge < -0.3 is 19.6 Å². The van der Waals surface area contributed by atoms with Crippen molar-refractivity contribution in [3.05, 3.63) is 264 Å². The first kappa shape index (κ1) is 75.4. The monoisotopic (exact) mass is 1580 g/mol. The average molecular weight is 1580 g/mol. The number of aryl methyl sites for hydroxylation is 6. The molecule has 0 atom stereocenters. The molecule has 8 aliphatic rings. The Balaban J connectivity index is 0.000000177. The molecule has 10 aromatic carbocycles. The van der Waals surface area contributed by atoms with Crippen molar-refractivity contribution in [2.24, 2.45) is 0 Å². The normalized spacial score (nSPS) is 21.8. The molecule has 0 saturated carbocycles. The highest BCUT2D eigenvalue weighted by molar-refractivity contribution is 7.00. The quantitative estimate of drug-likeness (QED) is 0.141. The smallest absolute Gasteiger partial charge is 0.252 e. The van der Waals surface area contributed by atoms with Gasteiger partial charge in [0, 0.05) is 76.5 Å². The Morgan fingerprint density at radius 1 is 0.252 bits per heavy atom. The minimum absolute atomic E-state index is 0.00232. The molecule has 5 heteroatoms. The van der Waals surface area contributed by atoms with E-state index in [2.05, 4.69) is 353 Å². The predicted octanol–water partition coefficient (Wildman–Crippen LogP) is 30.3. The number of benzene rings is 10. The fraction of sp³-hybridized carbons (Fsp3) is 0.474. The fourth-order valence-corrected chi connectivity index (χ4v) is 23.2. The molecule has 10 aromatic rings. The van der Waals surface area contributed by atoms with Crippen LogP contribution in [0.1, 0.15) is 352 Å². The average Bonchev–Trinajstić information content (AvgIpc) is 0.682. The molecule has 0 N–H and O–H groups in total. The Labute approximate surface area is 728 Å². The van der Waals surface area contributed by atoms with Crippen LogP contribution < -0.4 is 36.0 Å². The lowest BCUT2D eigenvalue weighted by atomic mass is 9.33. The van der Waals surface area contributed by atoms with Crippen molar-refractivity contribution < 1.29 is 8.22 Å². The van der Waals surface area contributed by atoms with Crippen LogP contribution in [-0.2, 0) is 65.0 Å². The summed E-state index contributed by atoms with van der Waals surface area (Å²) in [5.74, 6) is 0. The van der Waals surface area contributed by atoms with Crippen LogP contribution >= 0.6 is 0 Å². The van der Waals surface area contributed by atoms with Crippen LogP contribution in [0.4, 0.5) is 68.2 Å². The van der Waals surface area contributed by atoms with Gasteiger partial charge in [-0.2, -0.15) is 0 Å². The molecular formula is C114H141BN4. The summed E-state index contributed by atoms with van der Waals surface area (Å²) in [5.41, 5.74) is 38.8. The van der Waals surface area contributed by atoms with E-state index >= 15 is 0 Å². The van der Waals surface area contributed by atoms with Crippen LogP contribution in [0.5, 0.6) is 0 Å². The summed E-state index contributed by atoms with van der Waals surface area (Å²) in [4.78, 5) is 9.63. The minimum atomic E-state index is -2.35. The third-order valence-electron chi connectivity index (χ3n) is 32.0. The van der Waals surface area contributed by atoms with E-state index in [1.807, 2.05) is 24.3 Å². The van der Waals surface area contributed by atoms with E-state index < -0.39 is 13.7 Å². The first-order valence-corrected chi connectivity index (χ1v) is 45.4. The van der Waals surface area contributed by atoms with E-state index in [1.165, 1.54) is 106 Å². The van der Waals surface area contributed by atoms with Gasteiger partial charge in [0.05, 0.1) is 0 Å². The van der Waals surface area contributed by atoms with Gasteiger partial charge in [-0.15, -0.1) is 0 Å². The topological polar surface area (TPSA) is 13.0 Å². The van der Waals surface area contributed by atoms with Crippen LogP contribution in [0.3, 0.4) is 0 Å². The first-order chi connectivity index (χ1) is 57.7. The number of rotatable bonds is 8. The van der Waals surface area contributed by atoms with Crippen molar-refractivity contribution in [3.8, 4) is 0 Å². The Hall–Kier alpha value is -8.54. The summed E-state index contributed by atoms with van der Waals surface area (Å²) < 4.78 is 54.3. The molecule has 2 aliphatic heterocycles. The first-order valence-electron chi connectivity index (χ1n) is 48.4. The molecule has 0 unspecified atom stereocenters. The molecule has 0 saturated heterocycles. The number of nitrogens with zero attached hydrogens (tertiary/aromatic N) is 4. The lowest BCUT2D eigenvalue weighted by Crippen LogP contribution is -2.62. The maximum absolute atomic E-state index is 9.10. The Morgan fingerprint density at radius 3 is 1.07 bits per heavy atom. The Kier molecular flexibility index (Phi) is 17.4. The van der Waals surface area contributed by atoms with Gasteiger partial charge in [0.25, 0.3) is 6.71 Å². The molecule has 0 bridgehead atoms. The SMILES string of the molecule is [2H]C([2H])([2H])c1cc(N(c2ccc3c(c2)C(C)(C)CCC3(C)C)c2ccc3c(c2)C(C)(C)CCC3(C)C)cc(N(c2cccc(C)c2)c2cc3c(cc2C)C(C)(C)CCC3(C)C)c1.[2H]C([2H])([2H])c1cc2c3c(c1)N(c1cc4c(cc1C)C(C)(C)CCC4(C)C)c1cc(C)ccc1B3c1cc3c(cc1N2c1ccc2c(c1)C(C)(C)CCC2(C)C)C(C)(C)CCC3(C)C. The van der Waals surface area contributed by atoms with Crippen molar-refractivity contribution in [1.82, 2.24) is 0 Å². The van der Waals surface area contributed by atoms with E-state index in [9.17, 15) is 0 Å². The third-order valence-corrected chi connectivity index (χ3v) is 32.0. The van der Waals surface area contributed by atoms with Crippen molar-refractivity contribution in [2.75, 3.05) is 19.6 Å². The molecule has 0 aromatic heterocycles. The summed E-state index contributed by atoms with van der Waals surface area (Å²) in [6.45, 7) is 61.5. The highest BCUT2D eigenvalue weighted by Crippen LogP contribution is 2.59. The Bertz CT molecular complexity index is 6000. The van der Waals surface area contributed by atoms with E-state index in [1.54, 1.807) is 0 Å². The van der Waals surface area contributed by atoms with Crippen LogP contribution in [-0.4, -0.2) is 6.71 Å². The van der Waals surface area contributed by atoms with Gasteiger partial charge in [-0.25, -0.2) is 0 Å². The summed E-state index contributed by atoms with van der Waals surface area (Å²) in [5, 5.41) is 0. The second-order valence-corrected chi connectivity index (χ2v) is 46.5. The second-order valence-electron chi connectivity index (χ2n) is 46.5. The van der Waals surface area contributed by atoms with E-state index in [-0.39, 0.29) is 71.7 Å². The highest BCUT2D eigenvalue weighted by Gasteiger charge is 2.50. The van der Waals surface area contributed by atoms with Crippen LogP contribution in [0, 0.1) is 41.4 Å². The van der Waals surface area contributed by atoms with Gasteiger partial charge in [-0.3, -0.25) is 0 Å². The second kappa shape index (κ2) is 27.5.